The lowest BCUT2D eigenvalue weighted by Gasteiger charge is -2.21. The van der Waals surface area contributed by atoms with Gasteiger partial charge in [-0.2, -0.15) is 4.98 Å². The normalized spacial score (nSPS) is 12.7. The first-order valence-electron chi connectivity index (χ1n) is 10.6. The number of benzene rings is 1. The van der Waals surface area contributed by atoms with Crippen molar-refractivity contribution in [1.29, 1.82) is 0 Å². The molecule has 0 fully saturated rings. The largest absolute Gasteiger partial charge is 0.491 e. The van der Waals surface area contributed by atoms with Crippen molar-refractivity contribution in [3.8, 4) is 5.75 Å². The lowest BCUT2D eigenvalue weighted by Crippen LogP contribution is -2.32. The number of carbonyl (C=O) groups is 2. The second-order valence-corrected chi connectivity index (χ2v) is 8.44. The highest BCUT2D eigenvalue weighted by atomic mass is 35.5. The molecule has 3 N–H and O–H groups in total. The summed E-state index contributed by atoms with van der Waals surface area (Å²) in [5.41, 5.74) is 1.90. The predicted octanol–water partition coefficient (Wildman–Crippen LogP) is 4.78. The van der Waals surface area contributed by atoms with E-state index in [2.05, 4.69) is 25.9 Å². The predicted molar refractivity (Wildman–Crippen MR) is 132 cm³/mol. The minimum atomic E-state index is -0.406. The third-order valence-electron chi connectivity index (χ3n) is 4.87. The highest BCUT2D eigenvalue weighted by Gasteiger charge is 2.23. The second-order valence-electron chi connectivity index (χ2n) is 7.12. The molecule has 3 aromatic rings. The maximum absolute atomic E-state index is 12.3. The number of hydrogen-bond acceptors (Lipinski definition) is 9. The van der Waals surface area contributed by atoms with E-state index < -0.39 is 6.09 Å². The number of aromatic nitrogens is 2. The molecule has 178 valence electrons. The molecule has 2 amide bonds. The van der Waals surface area contributed by atoms with Gasteiger partial charge in [0, 0.05) is 25.3 Å². The number of carbonyl (C=O) groups excluding carboxylic acids is 2. The van der Waals surface area contributed by atoms with Crippen LogP contribution in [-0.4, -0.2) is 48.8 Å². The Bertz CT molecular complexity index is 1200. The number of ether oxygens (including phenoxy) is 2. The molecule has 0 radical (unpaired) electrons. The van der Waals surface area contributed by atoms with Gasteiger partial charge in [0.1, 0.15) is 15.6 Å². The average molecular weight is 503 g/mol. The molecule has 10 nitrogen and oxygen atoms in total. The number of rotatable bonds is 6. The van der Waals surface area contributed by atoms with Crippen LogP contribution in [0.2, 0.25) is 5.02 Å². The fourth-order valence-electron chi connectivity index (χ4n) is 3.32. The summed E-state index contributed by atoms with van der Waals surface area (Å²) < 4.78 is 11.0. The zero-order valence-corrected chi connectivity index (χ0v) is 20.1. The Kier molecular flexibility index (Phi) is 7.33. The monoisotopic (exact) mass is 502 g/mol. The minimum absolute atomic E-state index is 0.206. The minimum Gasteiger partial charge on any atom is -0.491 e. The van der Waals surface area contributed by atoms with E-state index in [1.54, 1.807) is 48.5 Å². The third-order valence-corrected chi connectivity index (χ3v) is 6.06. The molecule has 1 aliphatic rings. The van der Waals surface area contributed by atoms with E-state index in [0.29, 0.717) is 70.7 Å². The Morgan fingerprint density at radius 1 is 1.29 bits per heavy atom. The smallest absolute Gasteiger partial charge is 0.414 e. The van der Waals surface area contributed by atoms with Gasteiger partial charge in [0.2, 0.25) is 5.95 Å². The second kappa shape index (κ2) is 10.6. The molecule has 0 spiro atoms. The van der Waals surface area contributed by atoms with Crippen LogP contribution >= 0.6 is 22.9 Å². The topological polar surface area (TPSA) is 118 Å². The maximum Gasteiger partial charge on any atom is 0.414 e. The first kappa shape index (κ1) is 23.6. The molecule has 0 atom stereocenters. The highest BCUT2D eigenvalue weighted by molar-refractivity contribution is 7.12. The molecule has 1 aliphatic heterocycles. The van der Waals surface area contributed by atoms with Crippen molar-refractivity contribution in [3.05, 3.63) is 45.7 Å². The van der Waals surface area contributed by atoms with Crippen molar-refractivity contribution in [2.24, 2.45) is 0 Å². The van der Waals surface area contributed by atoms with Crippen molar-refractivity contribution in [2.45, 2.75) is 13.3 Å². The van der Waals surface area contributed by atoms with Gasteiger partial charge < -0.3 is 25.4 Å². The Balaban J connectivity index is 1.56. The molecule has 0 unspecified atom stereocenters. The molecule has 0 aliphatic carbocycles. The van der Waals surface area contributed by atoms with Crippen LogP contribution < -0.4 is 25.6 Å². The van der Waals surface area contributed by atoms with E-state index in [1.165, 1.54) is 17.5 Å². The van der Waals surface area contributed by atoms with Crippen LogP contribution in [0.1, 0.15) is 23.0 Å². The molecule has 12 heteroatoms. The summed E-state index contributed by atoms with van der Waals surface area (Å²) in [6.07, 6.45) is 1.75. The van der Waals surface area contributed by atoms with Crippen LogP contribution in [0.15, 0.2) is 35.8 Å². The molecule has 3 heterocycles. The molecule has 0 saturated carbocycles. The van der Waals surface area contributed by atoms with Gasteiger partial charge in [-0.25, -0.2) is 9.78 Å². The molecule has 2 aromatic heterocycles. The summed E-state index contributed by atoms with van der Waals surface area (Å²) in [4.78, 5) is 35.2. The zero-order valence-electron chi connectivity index (χ0n) is 18.6. The van der Waals surface area contributed by atoms with Crippen molar-refractivity contribution in [3.63, 3.8) is 0 Å². The van der Waals surface area contributed by atoms with Crippen LogP contribution in [0, 0.1) is 0 Å². The molecule has 4 rings (SSSR count). The fourth-order valence-corrected chi connectivity index (χ4v) is 4.25. The standard InChI is InChI=1S/C22H23ClN6O4S/c1-3-32-22(31)29-8-4-9-33-17-11-13(5-6-16(17)29)26-21-25-12-14(23)19(28-21)27-15-7-10-34-18(15)20(30)24-2/h5-7,10-12H,3-4,8-9H2,1-2H3,(H,24,30)(H2,25,26,27,28). The van der Waals surface area contributed by atoms with E-state index in [-0.39, 0.29) is 5.91 Å². The van der Waals surface area contributed by atoms with Crippen LogP contribution in [0.5, 0.6) is 5.75 Å². The van der Waals surface area contributed by atoms with Crippen molar-refractivity contribution >= 4 is 63.8 Å². The number of fused-ring (bicyclic) bond motifs is 1. The first-order chi connectivity index (χ1) is 16.5. The third kappa shape index (κ3) is 5.15. The van der Waals surface area contributed by atoms with Crippen molar-refractivity contribution in [1.82, 2.24) is 15.3 Å². The van der Waals surface area contributed by atoms with Crippen LogP contribution in [0.25, 0.3) is 0 Å². The van der Waals surface area contributed by atoms with Crippen LogP contribution in [0.4, 0.5) is 33.6 Å². The van der Waals surface area contributed by atoms with Gasteiger partial charge in [-0.1, -0.05) is 11.6 Å². The molecule has 0 saturated heterocycles. The van der Waals surface area contributed by atoms with Crippen molar-refractivity contribution < 1.29 is 19.1 Å². The summed E-state index contributed by atoms with van der Waals surface area (Å²) >= 11 is 7.59. The maximum atomic E-state index is 12.3. The number of thiophene rings is 1. The molecule has 1 aromatic carbocycles. The summed E-state index contributed by atoms with van der Waals surface area (Å²) in [6, 6.07) is 7.14. The number of anilines is 5. The van der Waals surface area contributed by atoms with E-state index in [0.717, 1.165) is 0 Å². The lowest BCUT2D eigenvalue weighted by atomic mass is 10.2. The van der Waals surface area contributed by atoms with Crippen LogP contribution in [-0.2, 0) is 4.74 Å². The fraction of sp³-hybridized carbons (Fsp3) is 0.273. The Labute approximate surface area is 205 Å². The van der Waals surface area contributed by atoms with E-state index in [1.807, 2.05) is 0 Å². The SMILES string of the molecule is CCOC(=O)N1CCCOc2cc(Nc3ncc(Cl)c(Nc4ccsc4C(=O)NC)n3)ccc21. The summed E-state index contributed by atoms with van der Waals surface area (Å²) in [5.74, 6) is 0.987. The number of nitrogens with one attached hydrogen (secondary N) is 3. The van der Waals surface area contributed by atoms with E-state index in [9.17, 15) is 9.59 Å². The van der Waals surface area contributed by atoms with Gasteiger partial charge in [0.15, 0.2) is 5.82 Å². The molecular formula is C22H23ClN6O4S. The van der Waals surface area contributed by atoms with Gasteiger partial charge in [0.25, 0.3) is 5.91 Å². The summed E-state index contributed by atoms with van der Waals surface area (Å²) in [7, 11) is 1.57. The summed E-state index contributed by atoms with van der Waals surface area (Å²) in [5, 5.41) is 10.9. The van der Waals surface area contributed by atoms with Gasteiger partial charge >= 0.3 is 6.09 Å². The Hall–Kier alpha value is -3.57. The molecule has 34 heavy (non-hydrogen) atoms. The number of halogens is 1. The van der Waals surface area contributed by atoms with Gasteiger partial charge in [-0.05, 0) is 36.9 Å². The lowest BCUT2D eigenvalue weighted by molar-refractivity contribution is 0.0967. The van der Waals surface area contributed by atoms with Gasteiger partial charge in [-0.15, -0.1) is 11.3 Å². The van der Waals surface area contributed by atoms with Gasteiger partial charge in [-0.3, -0.25) is 9.69 Å². The molecular weight excluding hydrogens is 480 g/mol. The van der Waals surface area contributed by atoms with E-state index >= 15 is 0 Å². The molecule has 0 bridgehead atoms. The Morgan fingerprint density at radius 3 is 2.94 bits per heavy atom. The van der Waals surface area contributed by atoms with Crippen molar-refractivity contribution in [2.75, 3.05) is 42.3 Å². The number of amides is 2. The van der Waals surface area contributed by atoms with Crippen LogP contribution in [0.3, 0.4) is 0 Å². The van der Waals surface area contributed by atoms with E-state index in [4.69, 9.17) is 21.1 Å². The Morgan fingerprint density at radius 2 is 2.15 bits per heavy atom. The average Bonchev–Trinajstić information content (AvgIpc) is 3.19. The summed E-state index contributed by atoms with van der Waals surface area (Å²) in [6.45, 7) is 3.05. The number of nitrogens with zero attached hydrogens (tertiary/aromatic N) is 3. The highest BCUT2D eigenvalue weighted by Crippen LogP contribution is 2.35. The van der Waals surface area contributed by atoms with Gasteiger partial charge in [0.05, 0.1) is 30.8 Å². The zero-order chi connectivity index (χ0) is 24.1. The first-order valence-corrected chi connectivity index (χ1v) is 11.8. The quantitative estimate of drug-likeness (QED) is 0.440. The number of hydrogen-bond donors (Lipinski definition) is 3.